The maximum atomic E-state index is 14.6. The summed E-state index contributed by atoms with van der Waals surface area (Å²) in [5, 5.41) is 13.8. The van der Waals surface area contributed by atoms with Gasteiger partial charge in [0, 0.05) is 22.7 Å². The molecule has 2 aromatic carbocycles. The van der Waals surface area contributed by atoms with Crippen LogP contribution in [0, 0.1) is 11.2 Å². The van der Waals surface area contributed by atoms with Crippen molar-refractivity contribution in [1.29, 1.82) is 0 Å². The zero-order valence-electron chi connectivity index (χ0n) is 21.9. The van der Waals surface area contributed by atoms with Crippen LogP contribution < -0.4 is 10.1 Å². The van der Waals surface area contributed by atoms with Crippen LogP contribution in [-0.2, 0) is 4.74 Å². The zero-order chi connectivity index (χ0) is 29.6. The summed E-state index contributed by atoms with van der Waals surface area (Å²) in [7, 11) is 1.35. The van der Waals surface area contributed by atoms with Crippen LogP contribution in [0.2, 0.25) is 0 Å². The van der Waals surface area contributed by atoms with Gasteiger partial charge >= 0.3 is 6.18 Å². The number of alkyl halides is 4. The molecule has 13 heteroatoms. The third kappa shape index (κ3) is 4.98. The van der Waals surface area contributed by atoms with E-state index in [0.29, 0.717) is 10.9 Å². The Labute approximate surface area is 230 Å². The van der Waals surface area contributed by atoms with Crippen LogP contribution in [0.5, 0.6) is 5.75 Å². The summed E-state index contributed by atoms with van der Waals surface area (Å²) in [6, 6.07) is 5.62. The maximum Gasteiger partial charge on any atom is 0.421 e. The lowest BCUT2D eigenvalue weighted by Crippen LogP contribution is -2.61. The van der Waals surface area contributed by atoms with Gasteiger partial charge in [0.2, 0.25) is 5.60 Å². The topological polar surface area (TPSA) is 106 Å². The number of halogens is 5. The first kappa shape index (κ1) is 28.4. The molecule has 216 valence electrons. The molecular weight excluding hydrogens is 551 g/mol. The molecule has 1 amide bonds. The molecule has 1 aromatic heterocycles. The number of nitrogens with one attached hydrogen (secondary N) is 1. The lowest BCUT2D eigenvalue weighted by molar-refractivity contribution is -0.264. The molecule has 0 radical (unpaired) electrons. The summed E-state index contributed by atoms with van der Waals surface area (Å²) in [6.07, 6.45) is -3.05. The van der Waals surface area contributed by atoms with Gasteiger partial charge in [0.15, 0.2) is 0 Å². The third-order valence-electron chi connectivity index (χ3n) is 7.46. The number of ether oxygens (including phenoxy) is 2. The summed E-state index contributed by atoms with van der Waals surface area (Å²) < 4.78 is 82.4. The molecule has 3 heterocycles. The fraction of sp³-hybridized carbons (Fsp3) is 0.357. The third-order valence-corrected chi connectivity index (χ3v) is 7.46. The standard InChI is InChI=1S/C28H25F5N4O4/c1-26(11-29)13-41-24-19(26)9-21(37-23(24)15-3-5-18(30)6-4-15)27(39,28(31,32)33)12-35-25(38)16-7-17-10-34-14-36-22(17)20(8-16)40-2/h3-8,10,14,21,39H,9,11-13H2,1-2H3,(H,35,38). The van der Waals surface area contributed by atoms with Gasteiger partial charge in [0.1, 0.15) is 48.2 Å². The van der Waals surface area contributed by atoms with Crippen molar-refractivity contribution in [2.24, 2.45) is 10.4 Å². The summed E-state index contributed by atoms with van der Waals surface area (Å²) >= 11 is 0. The molecule has 3 atom stereocenters. The fourth-order valence-corrected chi connectivity index (χ4v) is 4.97. The molecule has 5 rings (SSSR count). The molecule has 0 spiro atoms. The predicted octanol–water partition coefficient (Wildman–Crippen LogP) is 4.32. The number of aromatic nitrogens is 2. The van der Waals surface area contributed by atoms with E-state index in [1.54, 1.807) is 0 Å². The summed E-state index contributed by atoms with van der Waals surface area (Å²) in [6.45, 7) is -0.827. The Morgan fingerprint density at radius 3 is 2.63 bits per heavy atom. The second-order valence-corrected chi connectivity index (χ2v) is 10.2. The van der Waals surface area contributed by atoms with E-state index in [0.717, 1.165) is 12.1 Å². The van der Waals surface area contributed by atoms with E-state index in [2.05, 4.69) is 20.3 Å². The van der Waals surface area contributed by atoms with Crippen LogP contribution in [0.1, 0.15) is 29.3 Å². The summed E-state index contributed by atoms with van der Waals surface area (Å²) in [5.74, 6) is -1.20. The molecule has 2 aliphatic rings. The van der Waals surface area contributed by atoms with Gasteiger partial charge in [-0.1, -0.05) is 0 Å². The van der Waals surface area contributed by atoms with Crippen LogP contribution >= 0.6 is 0 Å². The fourth-order valence-electron chi connectivity index (χ4n) is 4.97. The van der Waals surface area contributed by atoms with E-state index in [4.69, 9.17) is 9.47 Å². The number of amides is 1. The Balaban J connectivity index is 1.51. The number of dihydropyridines is 1. The molecular formula is C28H25F5N4O4. The normalized spacial score (nSPS) is 22.0. The molecule has 2 N–H and O–H groups in total. The molecule has 0 fully saturated rings. The highest BCUT2D eigenvalue weighted by Gasteiger charge is 2.61. The Bertz CT molecular complexity index is 1560. The van der Waals surface area contributed by atoms with E-state index in [-0.39, 0.29) is 40.5 Å². The van der Waals surface area contributed by atoms with E-state index >= 15 is 0 Å². The number of fused-ring (bicyclic) bond motifs is 1. The zero-order valence-corrected chi connectivity index (χ0v) is 21.9. The van der Waals surface area contributed by atoms with Crippen LogP contribution in [0.15, 0.2) is 65.2 Å². The first-order valence-corrected chi connectivity index (χ1v) is 12.5. The number of aliphatic hydroxyl groups is 1. The summed E-state index contributed by atoms with van der Waals surface area (Å²) in [5.41, 5.74) is -4.09. The van der Waals surface area contributed by atoms with Crippen LogP contribution in [0.3, 0.4) is 0 Å². The molecule has 0 aliphatic carbocycles. The SMILES string of the molecule is COc1cc(C(=O)NCC(O)(C2CC3=C(OCC3(C)CF)C(c3ccc(F)cc3)=N2)C(F)(F)F)cc2cncnc12. The second kappa shape index (κ2) is 10.4. The van der Waals surface area contributed by atoms with E-state index in [1.807, 2.05) is 0 Å². The van der Waals surface area contributed by atoms with E-state index < -0.39 is 54.6 Å². The lowest BCUT2D eigenvalue weighted by atomic mass is 9.76. The van der Waals surface area contributed by atoms with Gasteiger partial charge in [0.25, 0.3) is 5.91 Å². The molecule has 3 aromatic rings. The van der Waals surface area contributed by atoms with Crippen molar-refractivity contribution >= 4 is 22.5 Å². The Hall–Kier alpha value is -4.13. The number of aliphatic imine (C=N–C) groups is 1. The molecule has 8 nitrogen and oxygen atoms in total. The number of carbonyl (C=O) groups excluding carboxylic acids is 1. The number of rotatable bonds is 7. The minimum atomic E-state index is -5.26. The minimum absolute atomic E-state index is 0.0491. The molecule has 0 bridgehead atoms. The van der Waals surface area contributed by atoms with Gasteiger partial charge < -0.3 is 19.9 Å². The van der Waals surface area contributed by atoms with Crippen molar-refractivity contribution in [3.63, 3.8) is 0 Å². The monoisotopic (exact) mass is 576 g/mol. The number of hydrogen-bond acceptors (Lipinski definition) is 7. The van der Waals surface area contributed by atoms with Crippen molar-refractivity contribution in [1.82, 2.24) is 15.3 Å². The Morgan fingerprint density at radius 1 is 1.24 bits per heavy atom. The average Bonchev–Trinajstić information content (AvgIpc) is 3.31. The Morgan fingerprint density at radius 2 is 1.98 bits per heavy atom. The molecule has 2 aliphatic heterocycles. The average molecular weight is 577 g/mol. The van der Waals surface area contributed by atoms with Crippen molar-refractivity contribution < 1.29 is 41.3 Å². The van der Waals surface area contributed by atoms with Crippen molar-refractivity contribution in [2.75, 3.05) is 26.9 Å². The predicted molar refractivity (Wildman–Crippen MR) is 138 cm³/mol. The number of benzene rings is 2. The molecule has 0 saturated heterocycles. The largest absolute Gasteiger partial charge is 0.494 e. The highest BCUT2D eigenvalue weighted by Crippen LogP contribution is 2.47. The van der Waals surface area contributed by atoms with E-state index in [1.165, 1.54) is 50.8 Å². The highest BCUT2D eigenvalue weighted by molar-refractivity contribution is 6.12. The smallest absolute Gasteiger partial charge is 0.421 e. The number of allylic oxidation sites excluding steroid dienone is 1. The van der Waals surface area contributed by atoms with Crippen molar-refractivity contribution in [3.8, 4) is 5.75 Å². The van der Waals surface area contributed by atoms with Crippen molar-refractivity contribution in [2.45, 2.75) is 31.2 Å². The van der Waals surface area contributed by atoms with Gasteiger partial charge in [0.05, 0.1) is 25.1 Å². The maximum absolute atomic E-state index is 14.6. The second-order valence-electron chi connectivity index (χ2n) is 10.2. The van der Waals surface area contributed by atoms with Gasteiger partial charge in [-0.25, -0.2) is 14.4 Å². The number of hydrogen-bond donors (Lipinski definition) is 2. The highest BCUT2D eigenvalue weighted by atomic mass is 19.4. The number of nitrogens with zero attached hydrogens (tertiary/aromatic N) is 3. The quantitative estimate of drug-likeness (QED) is 0.406. The first-order chi connectivity index (χ1) is 19.4. The Kier molecular flexibility index (Phi) is 7.18. The lowest BCUT2D eigenvalue weighted by Gasteiger charge is -2.39. The van der Waals surface area contributed by atoms with E-state index in [9.17, 15) is 31.9 Å². The van der Waals surface area contributed by atoms with Gasteiger partial charge in [-0.3, -0.25) is 14.2 Å². The van der Waals surface area contributed by atoms with Gasteiger partial charge in [-0.2, -0.15) is 13.2 Å². The summed E-state index contributed by atoms with van der Waals surface area (Å²) in [4.78, 5) is 25.2. The number of carbonyl (C=O) groups is 1. The van der Waals surface area contributed by atoms with Gasteiger partial charge in [-0.15, -0.1) is 0 Å². The van der Waals surface area contributed by atoms with Gasteiger partial charge in [-0.05, 0) is 55.3 Å². The minimum Gasteiger partial charge on any atom is -0.494 e. The molecule has 0 saturated carbocycles. The van der Waals surface area contributed by atoms with Crippen LogP contribution in [0.25, 0.3) is 10.9 Å². The number of methoxy groups -OCH3 is 1. The molecule has 3 unspecified atom stereocenters. The van der Waals surface area contributed by atoms with Crippen LogP contribution in [0.4, 0.5) is 22.0 Å². The molecule has 41 heavy (non-hydrogen) atoms. The van der Waals surface area contributed by atoms with Crippen molar-refractivity contribution in [3.05, 3.63) is 77.2 Å². The first-order valence-electron chi connectivity index (χ1n) is 12.5. The van der Waals surface area contributed by atoms with Crippen LogP contribution in [-0.4, -0.2) is 71.4 Å².